The van der Waals surface area contributed by atoms with Gasteiger partial charge in [0.05, 0.1) is 45.0 Å². The average molecular weight is 1170 g/mol. The summed E-state index contributed by atoms with van der Waals surface area (Å²) >= 11 is 4.12. The highest BCUT2D eigenvalue weighted by Gasteiger charge is 2.36. The number of hydrogen-bond acceptors (Lipinski definition) is 21. The summed E-state index contributed by atoms with van der Waals surface area (Å²) in [6.45, 7) is -3.11. The Morgan fingerprint density at radius 2 is 0.914 bits per heavy atom. The molecule has 35 heteroatoms. The van der Waals surface area contributed by atoms with Gasteiger partial charge in [-0.15, -0.1) is 0 Å². The number of aromatic hydroxyl groups is 1. The first-order valence-corrected chi connectivity index (χ1v) is 25.4. The molecule has 2 aromatic rings. The van der Waals surface area contributed by atoms with Crippen molar-refractivity contribution in [2.24, 2.45) is 28.7 Å². The van der Waals surface area contributed by atoms with E-state index in [0.717, 1.165) is 0 Å². The van der Waals surface area contributed by atoms with E-state index >= 15 is 0 Å². The van der Waals surface area contributed by atoms with Crippen molar-refractivity contribution in [2.45, 2.75) is 118 Å². The Hall–Kier alpha value is -8.51. The predicted molar refractivity (Wildman–Crippen MR) is 281 cm³/mol. The first kappa shape index (κ1) is 68.6. The van der Waals surface area contributed by atoms with E-state index in [1.54, 1.807) is 0 Å². The number of aromatic nitrogens is 2. The Balaban J connectivity index is 2.34. The van der Waals surface area contributed by atoms with Gasteiger partial charge in [-0.1, -0.05) is 18.6 Å². The molecule has 0 unspecified atom stereocenters. The summed E-state index contributed by atoms with van der Waals surface area (Å²) in [4.78, 5) is 175. The molecule has 0 aliphatic carbocycles. The van der Waals surface area contributed by atoms with E-state index in [1.807, 2.05) is 5.32 Å². The van der Waals surface area contributed by atoms with Gasteiger partial charge in [-0.05, 0) is 43.5 Å². The van der Waals surface area contributed by atoms with Gasteiger partial charge in [0, 0.05) is 36.9 Å². The minimum absolute atomic E-state index is 0.177. The molecule has 0 bridgehead atoms. The fraction of sp³-hybridized carbons (Fsp3) is 0.522. The van der Waals surface area contributed by atoms with E-state index in [1.165, 1.54) is 36.8 Å². The van der Waals surface area contributed by atoms with Crippen molar-refractivity contribution in [3.8, 4) is 5.75 Å². The van der Waals surface area contributed by atoms with E-state index in [-0.39, 0.29) is 23.4 Å². The molecule has 1 aromatic heterocycles. The van der Waals surface area contributed by atoms with Crippen LogP contribution in [0.1, 0.15) is 56.2 Å². The van der Waals surface area contributed by atoms with Crippen LogP contribution in [-0.2, 0) is 75.2 Å². The molecule has 1 aromatic carbocycles. The van der Waals surface area contributed by atoms with Gasteiger partial charge in [0.25, 0.3) is 0 Å². The molecule has 10 atom stereocenters. The first-order chi connectivity index (χ1) is 38.3. The minimum Gasteiger partial charge on any atom is -0.508 e. The second-order valence-corrected chi connectivity index (χ2v) is 18.4. The molecule has 1 heterocycles. The number of imidazole rings is 1. The third kappa shape index (κ3) is 24.6. The Morgan fingerprint density at radius 1 is 0.519 bits per heavy atom. The van der Waals surface area contributed by atoms with Crippen LogP contribution in [0.5, 0.6) is 5.75 Å². The Bertz CT molecular complexity index is 2510. The van der Waals surface area contributed by atoms with Crippen LogP contribution in [0.2, 0.25) is 0 Å². The summed E-state index contributed by atoms with van der Waals surface area (Å²) in [6, 6.07) is -12.1. The van der Waals surface area contributed by atoms with Crippen molar-refractivity contribution in [2.75, 3.05) is 32.1 Å². The molecule has 448 valence electrons. The highest BCUT2D eigenvalue weighted by atomic mass is 32.1. The SMILES string of the molecule is NCCCC[C@H](N)C(=O)N[C@@H](CC(N)=O)C(=O)N[C@@H](CO)C(=O)N[C@@H](CS)C(=O)N[C@@H](Cc1cnc[nH]1)C(=O)N[C@@H](CO)C(=O)N[C@@H](Cc1ccc(O)cc1)C(=O)N[C@@H](CO)C(=O)N[C@@H](CC(N)=O)C(=O)N[C@@H](CCC(N)=O)C(=O)O. The standard InChI is InChI=1S/C46H70N16O18S/c47-10-2-1-3-24(48)37(70)55-28(13-35(50)68)41(74)61-32(18-65)44(77)62-33(19-81)45(78)57-27(12-22-15-52-20-53-22)39(72)60-30(16-63)42(75)56-26(11-21-4-6-23(66)7-5-21)38(71)59-31(17-64)43(76)58-29(14-36(51)69)40(73)54-25(46(79)80)8-9-34(49)67/h4-7,15,20,24-33,63-66,81H,1-3,8-14,16-19,47-48H2,(H2,49,67)(H2,50,68)(H2,51,69)(H,52,53)(H,54,73)(H,55,70)(H,56,75)(H,57,78)(H,58,76)(H,59,71)(H,60,72)(H,61,74)(H,62,77)(H,79,80)/t24-,25-,26-,27-,28-,29-,30-,31-,32-,33-/m0/s1. The number of hydrogen-bond donors (Lipinski definition) is 21. The quantitative estimate of drug-likeness (QED) is 0.0219. The number of carbonyl (C=O) groups is 13. The van der Waals surface area contributed by atoms with Gasteiger partial charge in [-0.3, -0.25) is 57.5 Å². The average Bonchev–Trinajstić information content (AvgIpc) is 3.93. The molecule has 12 amide bonds. The fourth-order valence-electron chi connectivity index (χ4n) is 7.14. The van der Waals surface area contributed by atoms with Gasteiger partial charge in [-0.2, -0.15) is 12.6 Å². The van der Waals surface area contributed by atoms with Crippen LogP contribution < -0.4 is 76.5 Å². The smallest absolute Gasteiger partial charge is 0.326 e. The maximum absolute atomic E-state index is 14.0. The normalized spacial score (nSPS) is 14.6. The lowest BCUT2D eigenvalue weighted by Crippen LogP contribution is -2.62. The summed E-state index contributed by atoms with van der Waals surface area (Å²) in [5.74, 6) is -15.9. The van der Waals surface area contributed by atoms with Gasteiger partial charge in [0.1, 0.15) is 60.1 Å². The van der Waals surface area contributed by atoms with E-state index in [0.29, 0.717) is 19.4 Å². The highest BCUT2D eigenvalue weighted by molar-refractivity contribution is 7.80. The monoisotopic (exact) mass is 1170 g/mol. The molecule has 25 N–H and O–H groups in total. The van der Waals surface area contributed by atoms with Crippen LogP contribution in [-0.4, -0.2) is 205 Å². The fourth-order valence-corrected chi connectivity index (χ4v) is 7.40. The number of rotatable bonds is 38. The largest absolute Gasteiger partial charge is 0.508 e. The number of nitrogens with zero attached hydrogens (tertiary/aromatic N) is 1. The highest BCUT2D eigenvalue weighted by Crippen LogP contribution is 2.13. The molecule has 0 saturated heterocycles. The van der Waals surface area contributed by atoms with Crippen LogP contribution in [0.4, 0.5) is 0 Å². The number of primary amides is 3. The van der Waals surface area contributed by atoms with Gasteiger partial charge >= 0.3 is 5.97 Å². The number of thiol groups is 1. The van der Waals surface area contributed by atoms with E-state index < -0.39 is 201 Å². The van der Waals surface area contributed by atoms with Crippen LogP contribution in [0, 0.1) is 0 Å². The second-order valence-electron chi connectivity index (χ2n) is 18.0. The zero-order chi connectivity index (χ0) is 60.9. The summed E-state index contributed by atoms with van der Waals surface area (Å²) in [5, 5.41) is 69.9. The molecular formula is C46H70N16O18S. The van der Waals surface area contributed by atoms with Crippen LogP contribution >= 0.6 is 12.6 Å². The number of aliphatic carboxylic acids is 1. The number of aliphatic hydroxyl groups excluding tert-OH is 3. The summed E-state index contributed by atoms with van der Waals surface area (Å²) in [7, 11) is 0. The van der Waals surface area contributed by atoms with E-state index in [2.05, 4.69) is 65.1 Å². The third-order valence-electron chi connectivity index (χ3n) is 11.6. The molecule has 2 rings (SSSR count). The molecule has 0 fully saturated rings. The number of carboxylic acid groups (broad SMARTS) is 1. The number of phenolic OH excluding ortho intramolecular Hbond substituents is 1. The summed E-state index contributed by atoms with van der Waals surface area (Å²) in [5.41, 5.74) is 27.4. The summed E-state index contributed by atoms with van der Waals surface area (Å²) in [6.07, 6.45) is 0.214. The number of nitrogens with one attached hydrogen (secondary N) is 10. The molecule has 34 nitrogen and oxygen atoms in total. The van der Waals surface area contributed by atoms with Crippen LogP contribution in [0.3, 0.4) is 0 Å². The lowest BCUT2D eigenvalue weighted by atomic mass is 10.0. The number of benzene rings is 1. The molecule has 81 heavy (non-hydrogen) atoms. The number of carboxylic acids is 1. The second kappa shape index (κ2) is 35.2. The van der Waals surface area contributed by atoms with Crippen molar-refractivity contribution >= 4 is 89.5 Å². The number of nitrogens with two attached hydrogens (primary N) is 5. The molecular weight excluding hydrogens is 1100 g/mol. The Morgan fingerprint density at radius 3 is 1.32 bits per heavy atom. The van der Waals surface area contributed by atoms with E-state index in [4.69, 9.17) is 28.7 Å². The number of amides is 12. The Kier molecular flexibility index (Phi) is 29.8. The number of aromatic amines is 1. The van der Waals surface area contributed by atoms with Crippen molar-refractivity contribution in [1.29, 1.82) is 0 Å². The van der Waals surface area contributed by atoms with Crippen LogP contribution in [0.25, 0.3) is 0 Å². The third-order valence-corrected chi connectivity index (χ3v) is 11.9. The lowest BCUT2D eigenvalue weighted by Gasteiger charge is -2.27. The molecule has 0 radical (unpaired) electrons. The first-order valence-electron chi connectivity index (χ1n) is 24.7. The maximum atomic E-state index is 14.0. The van der Waals surface area contributed by atoms with Crippen LogP contribution in [0.15, 0.2) is 36.8 Å². The maximum Gasteiger partial charge on any atom is 0.326 e. The molecule has 0 saturated carbocycles. The zero-order valence-electron chi connectivity index (χ0n) is 43.5. The minimum atomic E-state index is -1.97. The molecule has 0 aliphatic rings. The number of aliphatic hydroxyl groups is 3. The molecule has 0 spiro atoms. The summed E-state index contributed by atoms with van der Waals surface area (Å²) < 4.78 is 0. The van der Waals surface area contributed by atoms with Crippen molar-refractivity contribution < 1.29 is 87.9 Å². The van der Waals surface area contributed by atoms with Gasteiger partial charge < -0.3 is 107 Å². The van der Waals surface area contributed by atoms with Crippen molar-refractivity contribution in [3.63, 3.8) is 0 Å². The number of phenols is 1. The molecule has 0 aliphatic heterocycles. The topological polar surface area (TPSA) is 590 Å². The van der Waals surface area contributed by atoms with Crippen molar-refractivity contribution in [3.05, 3.63) is 48.0 Å². The number of carbonyl (C=O) groups excluding carboxylic acids is 12. The van der Waals surface area contributed by atoms with E-state index in [9.17, 15) is 87.9 Å². The number of unbranched alkanes of at least 4 members (excludes halogenated alkanes) is 1. The van der Waals surface area contributed by atoms with Gasteiger partial charge in [-0.25, -0.2) is 9.78 Å². The predicted octanol–water partition coefficient (Wildman–Crippen LogP) is -10.3. The van der Waals surface area contributed by atoms with Crippen molar-refractivity contribution in [1.82, 2.24) is 57.8 Å². The lowest BCUT2D eigenvalue weighted by molar-refractivity contribution is -0.143. The van der Waals surface area contributed by atoms with Gasteiger partial charge in [0.2, 0.25) is 70.9 Å². The van der Waals surface area contributed by atoms with Gasteiger partial charge in [0.15, 0.2) is 0 Å². The number of H-pyrrole nitrogens is 1. The zero-order valence-corrected chi connectivity index (χ0v) is 44.4. The Labute approximate surface area is 466 Å².